The number of anilines is 1. The zero-order valence-corrected chi connectivity index (χ0v) is 11.7. The van der Waals surface area contributed by atoms with E-state index >= 15 is 0 Å². The van der Waals surface area contributed by atoms with E-state index in [0.717, 1.165) is 13.0 Å². The van der Waals surface area contributed by atoms with Gasteiger partial charge in [0.25, 0.3) is 0 Å². The second-order valence-electron chi connectivity index (χ2n) is 4.34. The maximum absolute atomic E-state index is 5.67. The molecule has 2 aromatic rings. The van der Waals surface area contributed by atoms with Gasteiger partial charge in [-0.05, 0) is 30.4 Å². The van der Waals surface area contributed by atoms with Crippen molar-refractivity contribution in [1.82, 2.24) is 10.2 Å². The van der Waals surface area contributed by atoms with Gasteiger partial charge in [-0.3, -0.25) is 0 Å². The van der Waals surface area contributed by atoms with Crippen LogP contribution in [0.1, 0.15) is 29.3 Å². The normalized spacial score (nSPS) is 19.0. The molecule has 6 heteroatoms. The molecule has 4 nitrogen and oxygen atoms in total. The highest BCUT2D eigenvalue weighted by Gasteiger charge is 2.28. The van der Waals surface area contributed by atoms with Crippen molar-refractivity contribution in [2.45, 2.75) is 25.8 Å². The van der Waals surface area contributed by atoms with Crippen molar-refractivity contribution in [3.63, 3.8) is 0 Å². The number of hydrogen-bond donors (Lipinski definition) is 0. The molecule has 0 saturated heterocycles. The van der Waals surface area contributed by atoms with Gasteiger partial charge in [-0.2, -0.15) is 0 Å². The number of halogens is 1. The van der Waals surface area contributed by atoms with Gasteiger partial charge in [-0.25, -0.2) is 0 Å². The van der Waals surface area contributed by atoms with E-state index in [2.05, 4.69) is 33.5 Å². The third kappa shape index (κ3) is 2.01. The van der Waals surface area contributed by atoms with Gasteiger partial charge in [0, 0.05) is 23.7 Å². The Hall–Kier alpha value is -1.07. The van der Waals surface area contributed by atoms with Crippen molar-refractivity contribution < 1.29 is 4.42 Å². The molecule has 0 N–H and O–H groups in total. The third-order valence-corrected chi connectivity index (χ3v) is 4.47. The van der Waals surface area contributed by atoms with E-state index in [9.17, 15) is 0 Å². The van der Waals surface area contributed by atoms with Gasteiger partial charge in [0.15, 0.2) is 0 Å². The Kier molecular flexibility index (Phi) is 3.26. The summed E-state index contributed by atoms with van der Waals surface area (Å²) < 4.78 is 5.65. The molecule has 1 aliphatic heterocycles. The second-order valence-corrected chi connectivity index (χ2v) is 5.71. The smallest absolute Gasteiger partial charge is 0.318 e. The Labute approximate surface area is 115 Å². The lowest BCUT2D eigenvalue weighted by Gasteiger charge is -2.31. The predicted molar refractivity (Wildman–Crippen MR) is 72.5 cm³/mol. The molecule has 0 radical (unpaired) electrons. The number of thiophene rings is 1. The lowest BCUT2D eigenvalue weighted by Crippen LogP contribution is -2.33. The van der Waals surface area contributed by atoms with Crippen LogP contribution in [0.2, 0.25) is 0 Å². The summed E-state index contributed by atoms with van der Waals surface area (Å²) in [4.78, 5) is 3.64. The minimum atomic E-state index is 0.296. The monoisotopic (exact) mass is 283 g/mol. The fraction of sp³-hybridized carbons (Fsp3) is 0.500. The molecule has 1 unspecified atom stereocenters. The van der Waals surface area contributed by atoms with Crippen molar-refractivity contribution in [2.24, 2.45) is 0 Å². The van der Waals surface area contributed by atoms with E-state index in [4.69, 9.17) is 16.0 Å². The summed E-state index contributed by atoms with van der Waals surface area (Å²) >= 11 is 7.50. The second kappa shape index (κ2) is 4.90. The fourth-order valence-electron chi connectivity index (χ4n) is 2.31. The van der Waals surface area contributed by atoms with E-state index in [1.807, 2.05) is 11.3 Å². The summed E-state index contributed by atoms with van der Waals surface area (Å²) in [6.45, 7) is 3.10. The largest absolute Gasteiger partial charge is 0.408 e. The van der Waals surface area contributed by atoms with Crippen molar-refractivity contribution in [3.8, 4) is 0 Å². The Morgan fingerprint density at radius 2 is 2.44 bits per heavy atom. The molecule has 0 spiro atoms. The molecule has 3 rings (SSSR count). The average Bonchev–Trinajstić information content (AvgIpc) is 2.99. The van der Waals surface area contributed by atoms with Crippen LogP contribution in [0.3, 0.4) is 0 Å². The summed E-state index contributed by atoms with van der Waals surface area (Å²) in [6, 6.07) is 3.09. The van der Waals surface area contributed by atoms with Gasteiger partial charge in [0.05, 0.1) is 6.04 Å². The zero-order valence-electron chi connectivity index (χ0n) is 10.1. The number of hydrogen-bond acceptors (Lipinski definition) is 5. The Balaban J connectivity index is 1.84. The summed E-state index contributed by atoms with van der Waals surface area (Å²) in [6.07, 6.45) is 1.67. The Bertz CT molecular complexity index is 539. The van der Waals surface area contributed by atoms with Gasteiger partial charge in [-0.15, -0.1) is 28.0 Å². The van der Waals surface area contributed by atoms with Gasteiger partial charge >= 0.3 is 6.01 Å². The molecule has 3 heterocycles. The van der Waals surface area contributed by atoms with E-state index in [-0.39, 0.29) is 0 Å². The van der Waals surface area contributed by atoms with Crippen molar-refractivity contribution in [1.29, 1.82) is 0 Å². The summed E-state index contributed by atoms with van der Waals surface area (Å²) in [5.41, 5.74) is 1.38. The molecule has 0 bridgehead atoms. The Morgan fingerprint density at radius 1 is 1.56 bits per heavy atom. The lowest BCUT2D eigenvalue weighted by atomic mass is 10.0. The van der Waals surface area contributed by atoms with Gasteiger partial charge in [0.2, 0.25) is 5.89 Å². The molecule has 1 atom stereocenters. The van der Waals surface area contributed by atoms with Crippen molar-refractivity contribution >= 4 is 29.0 Å². The first-order valence-electron chi connectivity index (χ1n) is 6.01. The SMILES string of the molecule is CC1c2ccsc2CCN1c1nnc(CCCl)o1. The summed E-state index contributed by atoms with van der Waals surface area (Å²) in [5.74, 6) is 1.12. The van der Waals surface area contributed by atoms with Crippen LogP contribution in [0.25, 0.3) is 0 Å². The third-order valence-electron chi connectivity index (χ3n) is 3.29. The molecular formula is C12H14ClN3OS. The van der Waals surface area contributed by atoms with Crippen LogP contribution in [-0.2, 0) is 12.8 Å². The zero-order chi connectivity index (χ0) is 12.5. The maximum atomic E-state index is 5.67. The molecule has 0 fully saturated rings. The highest BCUT2D eigenvalue weighted by molar-refractivity contribution is 7.10. The van der Waals surface area contributed by atoms with Crippen LogP contribution in [0, 0.1) is 0 Å². The molecular weight excluding hydrogens is 270 g/mol. The minimum absolute atomic E-state index is 0.296. The molecule has 0 aliphatic carbocycles. The van der Waals surface area contributed by atoms with E-state index in [1.54, 1.807) is 0 Å². The molecule has 0 amide bonds. The quantitative estimate of drug-likeness (QED) is 0.812. The minimum Gasteiger partial charge on any atom is -0.408 e. The fourth-order valence-corrected chi connectivity index (χ4v) is 3.44. The van der Waals surface area contributed by atoms with E-state index in [0.29, 0.717) is 30.2 Å². The van der Waals surface area contributed by atoms with Crippen molar-refractivity contribution in [3.05, 3.63) is 27.8 Å². The summed E-state index contributed by atoms with van der Waals surface area (Å²) in [5, 5.41) is 10.3. The standard InChI is InChI=1S/C12H14ClN3OS/c1-8-9-4-7-18-10(9)3-6-16(8)12-15-14-11(17-12)2-5-13/h4,7-8H,2-3,5-6H2,1H3. The van der Waals surface area contributed by atoms with Gasteiger partial charge in [0.1, 0.15) is 0 Å². The highest BCUT2D eigenvalue weighted by atomic mass is 35.5. The number of fused-ring (bicyclic) bond motifs is 1. The number of alkyl halides is 1. The molecule has 2 aromatic heterocycles. The topological polar surface area (TPSA) is 42.2 Å². The van der Waals surface area contributed by atoms with Gasteiger partial charge < -0.3 is 9.32 Å². The van der Waals surface area contributed by atoms with Crippen LogP contribution < -0.4 is 4.90 Å². The lowest BCUT2D eigenvalue weighted by molar-refractivity contribution is 0.466. The first-order valence-corrected chi connectivity index (χ1v) is 7.42. The van der Waals surface area contributed by atoms with Crippen LogP contribution in [0.4, 0.5) is 6.01 Å². The molecule has 18 heavy (non-hydrogen) atoms. The predicted octanol–water partition coefficient (Wildman–Crippen LogP) is 3.04. The number of rotatable bonds is 3. The van der Waals surface area contributed by atoms with Crippen LogP contribution >= 0.6 is 22.9 Å². The molecule has 0 saturated carbocycles. The average molecular weight is 284 g/mol. The number of aromatic nitrogens is 2. The molecule has 0 aromatic carbocycles. The summed E-state index contributed by atoms with van der Waals surface area (Å²) in [7, 11) is 0. The van der Waals surface area contributed by atoms with Crippen LogP contribution in [0.5, 0.6) is 0 Å². The highest BCUT2D eigenvalue weighted by Crippen LogP contribution is 2.35. The van der Waals surface area contributed by atoms with Crippen LogP contribution in [0.15, 0.2) is 15.9 Å². The van der Waals surface area contributed by atoms with Crippen LogP contribution in [-0.4, -0.2) is 22.6 Å². The van der Waals surface area contributed by atoms with E-state index < -0.39 is 0 Å². The van der Waals surface area contributed by atoms with Crippen molar-refractivity contribution in [2.75, 3.05) is 17.3 Å². The first kappa shape index (κ1) is 12.0. The number of nitrogens with zero attached hydrogens (tertiary/aromatic N) is 3. The van der Waals surface area contributed by atoms with Gasteiger partial charge in [-0.1, -0.05) is 5.10 Å². The molecule has 96 valence electrons. The maximum Gasteiger partial charge on any atom is 0.318 e. The Morgan fingerprint density at radius 3 is 3.28 bits per heavy atom. The molecule has 1 aliphatic rings. The van der Waals surface area contributed by atoms with E-state index in [1.165, 1.54) is 10.4 Å². The number of aryl methyl sites for hydroxylation is 1. The first-order chi connectivity index (χ1) is 8.79.